The first-order chi connectivity index (χ1) is 10.3. The van der Waals surface area contributed by atoms with Crippen molar-refractivity contribution in [3.05, 3.63) is 76.8 Å². The van der Waals surface area contributed by atoms with E-state index in [1.807, 2.05) is 35.3 Å². The fraction of sp³-hybridized carbons (Fsp3) is 0.125. The summed E-state index contributed by atoms with van der Waals surface area (Å²) in [5, 5.41) is 7.74. The molecule has 0 bridgehead atoms. The zero-order valence-electron chi connectivity index (χ0n) is 11.4. The number of para-hydroxylation sites is 1. The SMILES string of the molecule is Brc1cncc(CNCc2ccccc2-n2cccn2)c1. The Morgan fingerprint density at radius 2 is 2.00 bits per heavy atom. The molecule has 0 aliphatic carbocycles. The van der Waals surface area contributed by atoms with Gasteiger partial charge in [0.2, 0.25) is 0 Å². The van der Waals surface area contributed by atoms with Crippen LogP contribution >= 0.6 is 15.9 Å². The third-order valence-electron chi connectivity index (χ3n) is 3.15. The Bertz CT molecular complexity index is 710. The van der Waals surface area contributed by atoms with E-state index in [2.05, 4.69) is 49.5 Å². The zero-order chi connectivity index (χ0) is 14.5. The van der Waals surface area contributed by atoms with Gasteiger partial charge in [0.25, 0.3) is 0 Å². The summed E-state index contributed by atoms with van der Waals surface area (Å²) in [7, 11) is 0. The summed E-state index contributed by atoms with van der Waals surface area (Å²) >= 11 is 3.43. The first-order valence-corrected chi connectivity index (χ1v) is 7.50. The maximum Gasteiger partial charge on any atom is 0.0690 e. The fourth-order valence-electron chi connectivity index (χ4n) is 2.19. The largest absolute Gasteiger partial charge is 0.308 e. The average molecular weight is 343 g/mol. The Hall–Kier alpha value is -1.98. The van der Waals surface area contributed by atoms with Crippen molar-refractivity contribution in [1.29, 1.82) is 0 Å². The Kier molecular flexibility index (Phi) is 4.43. The van der Waals surface area contributed by atoms with Crippen LogP contribution < -0.4 is 5.32 Å². The average Bonchev–Trinajstić information content (AvgIpc) is 3.02. The molecule has 0 saturated carbocycles. The lowest BCUT2D eigenvalue weighted by Crippen LogP contribution is -2.14. The molecule has 0 radical (unpaired) electrons. The lowest BCUT2D eigenvalue weighted by molar-refractivity contribution is 0.684. The van der Waals surface area contributed by atoms with Gasteiger partial charge in [-0.25, -0.2) is 4.68 Å². The van der Waals surface area contributed by atoms with E-state index in [0.29, 0.717) is 0 Å². The molecule has 2 heterocycles. The highest BCUT2D eigenvalue weighted by molar-refractivity contribution is 9.10. The number of nitrogens with one attached hydrogen (secondary N) is 1. The Balaban J connectivity index is 1.69. The molecule has 0 atom stereocenters. The maximum absolute atomic E-state index is 4.30. The molecule has 4 nitrogen and oxygen atoms in total. The molecule has 0 amide bonds. The summed E-state index contributed by atoms with van der Waals surface area (Å²) in [5.74, 6) is 0. The zero-order valence-corrected chi connectivity index (χ0v) is 13.0. The third kappa shape index (κ3) is 3.56. The van der Waals surface area contributed by atoms with E-state index in [1.165, 1.54) is 5.56 Å². The predicted octanol–water partition coefficient (Wildman–Crippen LogP) is 3.32. The van der Waals surface area contributed by atoms with Gasteiger partial charge < -0.3 is 5.32 Å². The summed E-state index contributed by atoms with van der Waals surface area (Å²) in [6.45, 7) is 1.56. The third-order valence-corrected chi connectivity index (χ3v) is 3.58. The molecule has 5 heteroatoms. The minimum atomic E-state index is 0.778. The molecule has 0 aliphatic heterocycles. The van der Waals surface area contributed by atoms with E-state index >= 15 is 0 Å². The van der Waals surface area contributed by atoms with Gasteiger partial charge in [0.1, 0.15) is 0 Å². The molecule has 3 rings (SSSR count). The summed E-state index contributed by atoms with van der Waals surface area (Å²) in [6.07, 6.45) is 7.40. The minimum absolute atomic E-state index is 0.778. The van der Waals surface area contributed by atoms with E-state index in [1.54, 1.807) is 12.4 Å². The topological polar surface area (TPSA) is 42.7 Å². The molecule has 1 N–H and O–H groups in total. The molecule has 0 fully saturated rings. The summed E-state index contributed by atoms with van der Waals surface area (Å²) in [4.78, 5) is 4.17. The monoisotopic (exact) mass is 342 g/mol. The van der Waals surface area contributed by atoms with Crippen molar-refractivity contribution >= 4 is 15.9 Å². The highest BCUT2D eigenvalue weighted by Crippen LogP contribution is 2.14. The number of aromatic nitrogens is 3. The van der Waals surface area contributed by atoms with Gasteiger partial charge in [-0.1, -0.05) is 18.2 Å². The predicted molar refractivity (Wildman–Crippen MR) is 86.0 cm³/mol. The fourth-order valence-corrected chi connectivity index (χ4v) is 2.60. The van der Waals surface area contributed by atoms with E-state index in [0.717, 1.165) is 28.8 Å². The van der Waals surface area contributed by atoms with Gasteiger partial charge in [0, 0.05) is 42.3 Å². The van der Waals surface area contributed by atoms with Crippen molar-refractivity contribution in [2.45, 2.75) is 13.1 Å². The summed E-state index contributed by atoms with van der Waals surface area (Å²) in [5.41, 5.74) is 3.47. The molecule has 0 aliphatic rings. The van der Waals surface area contributed by atoms with Crippen LogP contribution in [0.1, 0.15) is 11.1 Å². The van der Waals surface area contributed by atoms with Gasteiger partial charge in [-0.3, -0.25) is 4.98 Å². The van der Waals surface area contributed by atoms with Crippen LogP contribution in [-0.4, -0.2) is 14.8 Å². The van der Waals surface area contributed by atoms with Crippen LogP contribution in [0.2, 0.25) is 0 Å². The molecule has 106 valence electrons. The number of halogens is 1. The number of rotatable bonds is 5. The van der Waals surface area contributed by atoms with Crippen LogP contribution in [0.25, 0.3) is 5.69 Å². The molecule has 3 aromatic rings. The van der Waals surface area contributed by atoms with Gasteiger partial charge in [0.15, 0.2) is 0 Å². The lowest BCUT2D eigenvalue weighted by atomic mass is 10.1. The van der Waals surface area contributed by atoms with Gasteiger partial charge >= 0.3 is 0 Å². The Morgan fingerprint density at radius 3 is 2.81 bits per heavy atom. The minimum Gasteiger partial charge on any atom is -0.308 e. The quantitative estimate of drug-likeness (QED) is 0.773. The maximum atomic E-state index is 4.30. The van der Waals surface area contributed by atoms with Gasteiger partial charge in [-0.2, -0.15) is 5.10 Å². The van der Waals surface area contributed by atoms with Gasteiger partial charge in [0.05, 0.1) is 5.69 Å². The number of hydrogen-bond donors (Lipinski definition) is 1. The lowest BCUT2D eigenvalue weighted by Gasteiger charge is -2.10. The molecular weight excluding hydrogens is 328 g/mol. The smallest absolute Gasteiger partial charge is 0.0690 e. The molecule has 1 aromatic carbocycles. The van der Waals surface area contributed by atoms with Crippen molar-refractivity contribution in [2.24, 2.45) is 0 Å². The van der Waals surface area contributed by atoms with Crippen molar-refractivity contribution in [1.82, 2.24) is 20.1 Å². The first kappa shape index (κ1) is 14.0. The van der Waals surface area contributed by atoms with E-state index in [-0.39, 0.29) is 0 Å². The van der Waals surface area contributed by atoms with E-state index in [4.69, 9.17) is 0 Å². The van der Waals surface area contributed by atoms with Gasteiger partial charge in [-0.05, 0) is 45.3 Å². The van der Waals surface area contributed by atoms with Crippen molar-refractivity contribution in [2.75, 3.05) is 0 Å². The van der Waals surface area contributed by atoms with Crippen LogP contribution in [0.4, 0.5) is 0 Å². The molecule has 2 aromatic heterocycles. The highest BCUT2D eigenvalue weighted by atomic mass is 79.9. The Labute approximate surface area is 132 Å². The second-order valence-electron chi connectivity index (χ2n) is 4.69. The molecule has 21 heavy (non-hydrogen) atoms. The standard InChI is InChI=1S/C16H15BrN4/c17-15-8-13(10-19-12-15)9-18-11-14-4-1-2-5-16(14)21-7-3-6-20-21/h1-8,10,12,18H,9,11H2. The van der Waals surface area contributed by atoms with E-state index < -0.39 is 0 Å². The summed E-state index contributed by atoms with van der Waals surface area (Å²) in [6, 6.07) is 12.3. The molecular formula is C16H15BrN4. The first-order valence-electron chi connectivity index (χ1n) is 6.71. The highest BCUT2D eigenvalue weighted by Gasteiger charge is 2.04. The van der Waals surface area contributed by atoms with Crippen LogP contribution in [0.15, 0.2) is 65.7 Å². The summed E-state index contributed by atoms with van der Waals surface area (Å²) < 4.78 is 2.89. The number of pyridine rings is 1. The number of hydrogen-bond acceptors (Lipinski definition) is 3. The van der Waals surface area contributed by atoms with Crippen LogP contribution in [-0.2, 0) is 13.1 Å². The van der Waals surface area contributed by atoms with Gasteiger partial charge in [-0.15, -0.1) is 0 Å². The second-order valence-corrected chi connectivity index (χ2v) is 5.61. The Morgan fingerprint density at radius 1 is 1.10 bits per heavy atom. The number of nitrogens with zero attached hydrogens (tertiary/aromatic N) is 3. The molecule has 0 saturated heterocycles. The van der Waals surface area contributed by atoms with Crippen LogP contribution in [0.3, 0.4) is 0 Å². The van der Waals surface area contributed by atoms with Crippen molar-refractivity contribution < 1.29 is 0 Å². The van der Waals surface area contributed by atoms with Crippen molar-refractivity contribution in [3.8, 4) is 5.69 Å². The molecule has 0 spiro atoms. The van der Waals surface area contributed by atoms with Crippen LogP contribution in [0.5, 0.6) is 0 Å². The normalized spacial score (nSPS) is 10.7. The second kappa shape index (κ2) is 6.65. The van der Waals surface area contributed by atoms with Crippen LogP contribution in [0, 0.1) is 0 Å². The van der Waals surface area contributed by atoms with E-state index in [9.17, 15) is 0 Å². The van der Waals surface area contributed by atoms with Crippen molar-refractivity contribution in [3.63, 3.8) is 0 Å². The molecule has 0 unspecified atom stereocenters. The number of benzene rings is 1.